The normalized spacial score (nSPS) is 15.0. The zero-order valence-electron chi connectivity index (χ0n) is 12.0. The Morgan fingerprint density at radius 1 is 0.952 bits per heavy atom. The molecule has 0 saturated heterocycles. The van der Waals surface area contributed by atoms with Gasteiger partial charge in [0.05, 0.1) is 6.42 Å². The van der Waals surface area contributed by atoms with Gasteiger partial charge in [-0.2, -0.15) is 0 Å². The van der Waals surface area contributed by atoms with E-state index in [0.29, 0.717) is 12.2 Å². The fourth-order valence-corrected chi connectivity index (χ4v) is 2.84. The molecule has 2 aromatic rings. The smallest absolute Gasteiger partial charge is 0.166 e. The van der Waals surface area contributed by atoms with Crippen LogP contribution in [0.25, 0.3) is 5.57 Å². The van der Waals surface area contributed by atoms with E-state index in [1.54, 1.807) is 18.5 Å². The second kappa shape index (κ2) is 6.44. The zero-order valence-corrected chi connectivity index (χ0v) is 12.0. The molecule has 106 valence electrons. The van der Waals surface area contributed by atoms with Gasteiger partial charge in [0.15, 0.2) is 5.78 Å². The van der Waals surface area contributed by atoms with Crippen LogP contribution >= 0.6 is 0 Å². The molecule has 0 atom stereocenters. The van der Waals surface area contributed by atoms with Crippen molar-refractivity contribution >= 4 is 11.4 Å². The highest BCUT2D eigenvalue weighted by atomic mass is 16.1. The first-order chi connectivity index (χ1) is 10.3. The van der Waals surface area contributed by atoms with Gasteiger partial charge in [-0.25, -0.2) is 9.97 Å². The number of allylic oxidation sites excluding steroid dienone is 2. The number of hydrogen-bond donors (Lipinski definition) is 0. The van der Waals surface area contributed by atoms with E-state index in [4.69, 9.17) is 0 Å². The number of nitrogens with zero attached hydrogens (tertiary/aromatic N) is 2. The molecular formula is C18H18N2O. The maximum atomic E-state index is 12.6. The molecule has 1 heterocycles. The Morgan fingerprint density at radius 3 is 2.43 bits per heavy atom. The van der Waals surface area contributed by atoms with E-state index in [1.165, 1.54) is 11.1 Å². The van der Waals surface area contributed by atoms with Crippen LogP contribution in [0.4, 0.5) is 0 Å². The number of carbonyl (C=O) groups excluding carboxylic acids is 1. The largest absolute Gasteiger partial charge is 0.294 e. The number of aromatic nitrogens is 2. The molecule has 1 aliphatic carbocycles. The Kier molecular flexibility index (Phi) is 4.20. The average molecular weight is 278 g/mol. The topological polar surface area (TPSA) is 42.9 Å². The molecule has 1 aromatic heterocycles. The third kappa shape index (κ3) is 3.24. The fraction of sp³-hybridized carbons (Fsp3) is 0.278. The van der Waals surface area contributed by atoms with Crippen molar-refractivity contribution in [2.45, 2.75) is 32.1 Å². The summed E-state index contributed by atoms with van der Waals surface area (Å²) in [5.74, 6) is 0.771. The van der Waals surface area contributed by atoms with Gasteiger partial charge < -0.3 is 0 Å². The number of ketones is 1. The van der Waals surface area contributed by atoms with Gasteiger partial charge in [0, 0.05) is 12.4 Å². The monoisotopic (exact) mass is 278 g/mol. The molecule has 0 saturated carbocycles. The molecule has 0 amide bonds. The molecule has 21 heavy (non-hydrogen) atoms. The van der Waals surface area contributed by atoms with Gasteiger partial charge in [-0.1, -0.05) is 30.3 Å². The standard InChI is InChI=1S/C18H18N2O/c21-17(13-18-19-11-6-12-20-18)16-10-5-4-9-15(16)14-7-2-1-3-8-14/h1-3,6-8,11-12H,4-5,9-10,13H2. The first-order valence-corrected chi connectivity index (χ1v) is 7.41. The van der Waals surface area contributed by atoms with E-state index in [9.17, 15) is 4.79 Å². The van der Waals surface area contributed by atoms with E-state index < -0.39 is 0 Å². The van der Waals surface area contributed by atoms with Crippen molar-refractivity contribution < 1.29 is 4.79 Å². The van der Waals surface area contributed by atoms with Crippen LogP contribution in [0.5, 0.6) is 0 Å². The lowest BCUT2D eigenvalue weighted by Gasteiger charge is -2.19. The molecule has 1 aliphatic rings. The summed E-state index contributed by atoms with van der Waals surface area (Å²) < 4.78 is 0. The molecule has 3 heteroatoms. The maximum absolute atomic E-state index is 12.6. The highest BCUT2D eigenvalue weighted by molar-refractivity contribution is 6.03. The summed E-state index contributed by atoms with van der Waals surface area (Å²) in [6.45, 7) is 0. The molecule has 0 bridgehead atoms. The number of carbonyl (C=O) groups is 1. The summed E-state index contributed by atoms with van der Waals surface area (Å²) in [5, 5.41) is 0. The Hall–Kier alpha value is -2.29. The van der Waals surface area contributed by atoms with Crippen LogP contribution in [0.2, 0.25) is 0 Å². The van der Waals surface area contributed by atoms with E-state index in [0.717, 1.165) is 31.3 Å². The van der Waals surface area contributed by atoms with Crippen LogP contribution in [-0.4, -0.2) is 15.8 Å². The van der Waals surface area contributed by atoms with Gasteiger partial charge in [-0.3, -0.25) is 4.79 Å². The van der Waals surface area contributed by atoms with E-state index >= 15 is 0 Å². The number of benzene rings is 1. The van der Waals surface area contributed by atoms with Gasteiger partial charge >= 0.3 is 0 Å². The first-order valence-electron chi connectivity index (χ1n) is 7.41. The van der Waals surface area contributed by atoms with Crippen molar-refractivity contribution in [3.8, 4) is 0 Å². The summed E-state index contributed by atoms with van der Waals surface area (Å²) >= 11 is 0. The highest BCUT2D eigenvalue weighted by Crippen LogP contribution is 2.33. The summed E-state index contributed by atoms with van der Waals surface area (Å²) in [4.78, 5) is 20.9. The molecule has 0 spiro atoms. The molecule has 0 aliphatic heterocycles. The predicted octanol–water partition coefficient (Wildman–Crippen LogP) is 3.62. The number of Topliss-reactive ketones (excluding diaryl/α,β-unsaturated/α-hetero) is 1. The fourth-order valence-electron chi connectivity index (χ4n) is 2.84. The second-order valence-electron chi connectivity index (χ2n) is 5.30. The lowest BCUT2D eigenvalue weighted by molar-refractivity contribution is -0.115. The Balaban J connectivity index is 1.89. The minimum atomic E-state index is 0.166. The van der Waals surface area contributed by atoms with Crippen LogP contribution in [0, 0.1) is 0 Å². The van der Waals surface area contributed by atoms with Crippen LogP contribution < -0.4 is 0 Å². The minimum Gasteiger partial charge on any atom is -0.294 e. The average Bonchev–Trinajstić information content (AvgIpc) is 2.56. The SMILES string of the molecule is O=C(Cc1ncccn1)C1=C(c2ccccc2)CCCC1. The van der Waals surface area contributed by atoms with Crippen LogP contribution in [0.1, 0.15) is 37.1 Å². The molecule has 1 aromatic carbocycles. The summed E-state index contributed by atoms with van der Waals surface area (Å²) in [7, 11) is 0. The van der Waals surface area contributed by atoms with Gasteiger partial charge in [-0.05, 0) is 48.5 Å². The number of hydrogen-bond acceptors (Lipinski definition) is 3. The van der Waals surface area contributed by atoms with Gasteiger partial charge in [-0.15, -0.1) is 0 Å². The summed E-state index contributed by atoms with van der Waals surface area (Å²) in [6.07, 6.45) is 7.77. The molecule has 3 nitrogen and oxygen atoms in total. The second-order valence-corrected chi connectivity index (χ2v) is 5.30. The molecule has 3 rings (SSSR count). The van der Waals surface area contributed by atoms with E-state index in [-0.39, 0.29) is 5.78 Å². The Morgan fingerprint density at radius 2 is 1.67 bits per heavy atom. The molecule has 0 N–H and O–H groups in total. The number of rotatable bonds is 4. The van der Waals surface area contributed by atoms with Gasteiger partial charge in [0.25, 0.3) is 0 Å². The van der Waals surface area contributed by atoms with Crippen molar-refractivity contribution in [3.05, 3.63) is 65.8 Å². The first kappa shape index (κ1) is 13.7. The lowest BCUT2D eigenvalue weighted by Crippen LogP contribution is -2.13. The van der Waals surface area contributed by atoms with E-state index in [1.807, 2.05) is 18.2 Å². The predicted molar refractivity (Wildman–Crippen MR) is 82.6 cm³/mol. The third-order valence-electron chi connectivity index (χ3n) is 3.86. The molecular weight excluding hydrogens is 260 g/mol. The van der Waals surface area contributed by atoms with Gasteiger partial charge in [0.1, 0.15) is 5.82 Å². The summed E-state index contributed by atoms with van der Waals surface area (Å²) in [5.41, 5.74) is 3.36. The summed E-state index contributed by atoms with van der Waals surface area (Å²) in [6, 6.07) is 12.0. The maximum Gasteiger partial charge on any atom is 0.166 e. The third-order valence-corrected chi connectivity index (χ3v) is 3.86. The van der Waals surface area contributed by atoms with Gasteiger partial charge in [0.2, 0.25) is 0 Å². The molecule has 0 fully saturated rings. The van der Waals surface area contributed by atoms with Crippen LogP contribution in [0.3, 0.4) is 0 Å². The Bertz CT molecular complexity index is 647. The Labute approximate surface area is 124 Å². The van der Waals surface area contributed by atoms with Crippen LogP contribution in [0.15, 0.2) is 54.4 Å². The zero-order chi connectivity index (χ0) is 14.5. The van der Waals surface area contributed by atoms with E-state index in [2.05, 4.69) is 22.1 Å². The lowest BCUT2D eigenvalue weighted by atomic mass is 9.84. The van der Waals surface area contributed by atoms with Crippen molar-refractivity contribution in [2.75, 3.05) is 0 Å². The van der Waals surface area contributed by atoms with Crippen molar-refractivity contribution in [1.29, 1.82) is 0 Å². The molecule has 0 radical (unpaired) electrons. The van der Waals surface area contributed by atoms with Crippen molar-refractivity contribution in [2.24, 2.45) is 0 Å². The van der Waals surface area contributed by atoms with Crippen molar-refractivity contribution in [1.82, 2.24) is 9.97 Å². The quantitative estimate of drug-likeness (QED) is 0.858. The molecule has 0 unspecified atom stereocenters. The van der Waals surface area contributed by atoms with Crippen molar-refractivity contribution in [3.63, 3.8) is 0 Å². The van der Waals surface area contributed by atoms with Crippen LogP contribution in [-0.2, 0) is 11.2 Å². The highest BCUT2D eigenvalue weighted by Gasteiger charge is 2.20. The minimum absolute atomic E-state index is 0.166.